The van der Waals surface area contributed by atoms with Crippen molar-refractivity contribution in [1.29, 1.82) is 0 Å². The van der Waals surface area contributed by atoms with Crippen molar-refractivity contribution in [3.8, 4) is 0 Å². The minimum absolute atomic E-state index is 0.251. The summed E-state index contributed by atoms with van der Waals surface area (Å²) in [5, 5.41) is 14.9. The van der Waals surface area contributed by atoms with E-state index in [1.54, 1.807) is 11.3 Å². The van der Waals surface area contributed by atoms with Crippen LogP contribution in [0.3, 0.4) is 0 Å². The molecular weight excluding hydrogens is 258 g/mol. The van der Waals surface area contributed by atoms with Crippen LogP contribution in [-0.4, -0.2) is 23.6 Å². The molecule has 0 aliphatic carbocycles. The summed E-state index contributed by atoms with van der Waals surface area (Å²) in [4.78, 5) is 1.26. The molecular formula is C11H18ClN3OS. The molecule has 96 valence electrons. The van der Waals surface area contributed by atoms with Crippen LogP contribution in [0.2, 0.25) is 4.34 Å². The Bertz CT molecular complexity index is 367. The predicted molar refractivity (Wildman–Crippen MR) is 73.1 cm³/mol. The van der Waals surface area contributed by atoms with Crippen LogP contribution in [0.5, 0.6) is 0 Å². The van der Waals surface area contributed by atoms with Crippen LogP contribution in [0, 0.1) is 0 Å². The van der Waals surface area contributed by atoms with Crippen molar-refractivity contribution < 1.29 is 5.21 Å². The SMILES string of the molecule is CCC(C/C(N)=N/O)NCCc1ccc(Cl)s1. The number of nitrogens with zero attached hydrogens (tertiary/aromatic N) is 1. The number of rotatable bonds is 7. The second-order valence-electron chi connectivity index (χ2n) is 3.81. The summed E-state index contributed by atoms with van der Waals surface area (Å²) in [6.07, 6.45) is 2.46. The van der Waals surface area contributed by atoms with Gasteiger partial charge in [-0.05, 0) is 25.0 Å². The fraction of sp³-hybridized carbons (Fsp3) is 0.545. The Balaban J connectivity index is 2.28. The molecule has 0 spiro atoms. The normalized spacial score (nSPS) is 13.9. The Morgan fingerprint density at radius 2 is 2.41 bits per heavy atom. The maximum atomic E-state index is 8.51. The molecule has 17 heavy (non-hydrogen) atoms. The van der Waals surface area contributed by atoms with E-state index in [-0.39, 0.29) is 11.9 Å². The van der Waals surface area contributed by atoms with Gasteiger partial charge < -0.3 is 16.3 Å². The molecule has 0 aromatic carbocycles. The van der Waals surface area contributed by atoms with Crippen molar-refractivity contribution in [2.75, 3.05) is 6.54 Å². The summed E-state index contributed by atoms with van der Waals surface area (Å²) >= 11 is 7.46. The van der Waals surface area contributed by atoms with Crippen molar-refractivity contribution in [3.05, 3.63) is 21.3 Å². The van der Waals surface area contributed by atoms with E-state index in [1.165, 1.54) is 4.88 Å². The molecule has 0 fully saturated rings. The molecule has 1 aromatic rings. The Morgan fingerprint density at radius 1 is 1.65 bits per heavy atom. The van der Waals surface area contributed by atoms with Crippen molar-refractivity contribution in [2.24, 2.45) is 10.9 Å². The van der Waals surface area contributed by atoms with Crippen LogP contribution in [0.25, 0.3) is 0 Å². The van der Waals surface area contributed by atoms with E-state index in [1.807, 2.05) is 12.1 Å². The Morgan fingerprint density at radius 3 is 2.94 bits per heavy atom. The first-order chi connectivity index (χ1) is 8.15. The number of amidine groups is 1. The molecule has 1 atom stereocenters. The highest BCUT2D eigenvalue weighted by atomic mass is 35.5. The van der Waals surface area contributed by atoms with Gasteiger partial charge in [0.1, 0.15) is 5.84 Å². The van der Waals surface area contributed by atoms with Gasteiger partial charge in [0.25, 0.3) is 0 Å². The predicted octanol–water partition coefficient (Wildman–Crippen LogP) is 2.45. The quantitative estimate of drug-likeness (QED) is 0.310. The van der Waals surface area contributed by atoms with Crippen LogP contribution in [0.1, 0.15) is 24.6 Å². The molecule has 0 aliphatic heterocycles. The molecule has 1 aromatic heterocycles. The standard InChI is InChI=1S/C11H18ClN3OS/c1-2-8(7-11(13)15-16)14-6-5-9-3-4-10(12)17-9/h3-4,8,14,16H,2,5-7H2,1H3,(H2,13,15). The number of thiophene rings is 1. The fourth-order valence-corrected chi connectivity index (χ4v) is 2.63. The lowest BCUT2D eigenvalue weighted by molar-refractivity contribution is 0.315. The van der Waals surface area contributed by atoms with E-state index in [9.17, 15) is 0 Å². The van der Waals surface area contributed by atoms with E-state index in [4.69, 9.17) is 22.5 Å². The first-order valence-electron chi connectivity index (χ1n) is 5.59. The monoisotopic (exact) mass is 275 g/mol. The van der Waals surface area contributed by atoms with Gasteiger partial charge in [0.15, 0.2) is 0 Å². The minimum atomic E-state index is 0.251. The lowest BCUT2D eigenvalue weighted by atomic mass is 10.1. The van der Waals surface area contributed by atoms with Crippen LogP contribution in [0.4, 0.5) is 0 Å². The molecule has 4 nitrogen and oxygen atoms in total. The second-order valence-corrected chi connectivity index (χ2v) is 5.61. The molecule has 0 saturated carbocycles. The highest BCUT2D eigenvalue weighted by Crippen LogP contribution is 2.21. The van der Waals surface area contributed by atoms with Gasteiger partial charge in [-0.1, -0.05) is 23.7 Å². The number of nitrogens with one attached hydrogen (secondary N) is 1. The average Bonchev–Trinajstić information content (AvgIpc) is 2.73. The summed E-state index contributed by atoms with van der Waals surface area (Å²) in [6.45, 7) is 2.94. The van der Waals surface area contributed by atoms with E-state index in [2.05, 4.69) is 17.4 Å². The zero-order valence-corrected chi connectivity index (χ0v) is 11.4. The Kier molecular flexibility index (Phi) is 6.32. The number of hydrogen-bond donors (Lipinski definition) is 3. The maximum absolute atomic E-state index is 8.51. The third-order valence-electron chi connectivity index (χ3n) is 2.51. The summed E-state index contributed by atoms with van der Waals surface area (Å²) < 4.78 is 0.823. The molecule has 6 heteroatoms. The van der Waals surface area contributed by atoms with Crippen molar-refractivity contribution in [1.82, 2.24) is 5.32 Å². The smallest absolute Gasteiger partial charge is 0.140 e. The van der Waals surface area contributed by atoms with Crippen molar-refractivity contribution >= 4 is 28.8 Å². The molecule has 1 unspecified atom stereocenters. The first-order valence-corrected chi connectivity index (χ1v) is 6.79. The summed E-state index contributed by atoms with van der Waals surface area (Å²) in [6, 6.07) is 4.20. The summed E-state index contributed by atoms with van der Waals surface area (Å²) in [5.74, 6) is 0.267. The van der Waals surface area contributed by atoms with Crippen LogP contribution in [0.15, 0.2) is 17.3 Å². The lowest BCUT2D eigenvalue weighted by Crippen LogP contribution is -2.34. The van der Waals surface area contributed by atoms with Gasteiger partial charge in [-0.2, -0.15) is 0 Å². The third kappa shape index (κ3) is 5.39. The molecule has 0 aliphatic rings. The van der Waals surface area contributed by atoms with Crippen LogP contribution in [-0.2, 0) is 6.42 Å². The average molecular weight is 276 g/mol. The molecule has 0 radical (unpaired) electrons. The Labute approximate surface area is 110 Å². The topological polar surface area (TPSA) is 70.6 Å². The largest absolute Gasteiger partial charge is 0.409 e. The third-order valence-corrected chi connectivity index (χ3v) is 3.80. The number of nitrogens with two attached hydrogens (primary N) is 1. The first kappa shape index (κ1) is 14.3. The molecule has 1 heterocycles. The van der Waals surface area contributed by atoms with Crippen LogP contribution >= 0.6 is 22.9 Å². The molecule has 4 N–H and O–H groups in total. The number of hydrogen-bond acceptors (Lipinski definition) is 4. The number of oxime groups is 1. The zero-order valence-electron chi connectivity index (χ0n) is 9.82. The lowest BCUT2D eigenvalue weighted by Gasteiger charge is -2.15. The van der Waals surface area contributed by atoms with Gasteiger partial charge in [-0.3, -0.25) is 0 Å². The molecule has 0 amide bonds. The fourth-order valence-electron chi connectivity index (χ4n) is 1.54. The van der Waals surface area contributed by atoms with Crippen LogP contribution < -0.4 is 11.1 Å². The highest BCUT2D eigenvalue weighted by Gasteiger charge is 2.08. The Hall–Kier alpha value is -0.780. The maximum Gasteiger partial charge on any atom is 0.140 e. The van der Waals surface area contributed by atoms with E-state index >= 15 is 0 Å². The van der Waals surface area contributed by atoms with Gasteiger partial charge in [0.05, 0.1) is 4.34 Å². The minimum Gasteiger partial charge on any atom is -0.409 e. The van der Waals surface area contributed by atoms with Gasteiger partial charge in [0.2, 0.25) is 0 Å². The summed E-state index contributed by atoms with van der Waals surface area (Å²) in [5.41, 5.74) is 5.48. The van der Waals surface area contributed by atoms with E-state index < -0.39 is 0 Å². The summed E-state index contributed by atoms with van der Waals surface area (Å²) in [7, 11) is 0. The van der Waals surface area contributed by atoms with E-state index in [0.29, 0.717) is 6.42 Å². The van der Waals surface area contributed by atoms with Gasteiger partial charge >= 0.3 is 0 Å². The van der Waals surface area contributed by atoms with Crippen molar-refractivity contribution in [3.63, 3.8) is 0 Å². The van der Waals surface area contributed by atoms with Gasteiger partial charge in [0, 0.05) is 23.9 Å². The van der Waals surface area contributed by atoms with E-state index in [0.717, 1.165) is 23.7 Å². The molecule has 1 rings (SSSR count). The second kappa shape index (κ2) is 7.53. The molecule has 0 saturated heterocycles. The zero-order chi connectivity index (χ0) is 12.7. The van der Waals surface area contributed by atoms with Gasteiger partial charge in [-0.15, -0.1) is 11.3 Å². The molecule has 0 bridgehead atoms. The van der Waals surface area contributed by atoms with Crippen molar-refractivity contribution in [2.45, 2.75) is 32.2 Å². The number of halogens is 1. The van der Waals surface area contributed by atoms with Gasteiger partial charge in [-0.25, -0.2) is 0 Å². The highest BCUT2D eigenvalue weighted by molar-refractivity contribution is 7.16.